The van der Waals surface area contributed by atoms with Crippen molar-refractivity contribution in [1.29, 1.82) is 5.26 Å². The lowest BCUT2D eigenvalue weighted by molar-refractivity contribution is -0.147. The number of alkyl halides is 3. The van der Waals surface area contributed by atoms with Crippen LogP contribution in [0.25, 0.3) is 0 Å². The fraction of sp³-hybridized carbons (Fsp3) is 0.500. The Bertz CT molecular complexity index is 1460. The van der Waals surface area contributed by atoms with Crippen molar-refractivity contribution in [3.63, 3.8) is 0 Å². The van der Waals surface area contributed by atoms with Crippen LogP contribution >= 0.6 is 12.2 Å². The van der Waals surface area contributed by atoms with Crippen LogP contribution in [-0.2, 0) is 26.9 Å². The molecule has 0 aliphatic carbocycles. The zero-order valence-electron chi connectivity index (χ0n) is 25.5. The summed E-state index contributed by atoms with van der Waals surface area (Å²) in [4.78, 5) is 30.3. The maximum Gasteiger partial charge on any atom is 0.417 e. The molecule has 4 rings (SSSR count). The maximum atomic E-state index is 13.7. The van der Waals surface area contributed by atoms with Gasteiger partial charge in [0.15, 0.2) is 5.11 Å². The Morgan fingerprint density at radius 3 is 2.41 bits per heavy atom. The minimum absolute atomic E-state index is 0.0430. The zero-order valence-corrected chi connectivity index (χ0v) is 26.3. The Labute approximate surface area is 261 Å². The van der Waals surface area contributed by atoms with Gasteiger partial charge in [-0.2, -0.15) is 18.4 Å². The first-order chi connectivity index (χ1) is 20.7. The number of ether oxygens (including phenoxy) is 2. The first-order valence-electron chi connectivity index (χ1n) is 14.6. The molecule has 8 nitrogen and oxygen atoms in total. The third kappa shape index (κ3) is 6.54. The Balaban J connectivity index is 1.47. The summed E-state index contributed by atoms with van der Waals surface area (Å²) in [5, 5.41) is 9.21. The number of thiocarbonyl (C=S) groups is 1. The van der Waals surface area contributed by atoms with E-state index < -0.39 is 28.7 Å². The Hall–Kier alpha value is -3.69. The normalized spacial score (nSPS) is 18.3. The molecule has 0 aromatic heterocycles. The molecule has 1 unspecified atom stereocenters. The summed E-state index contributed by atoms with van der Waals surface area (Å²) < 4.78 is 52.0. The standard InChI is InChI=1S/C32H37F3N4O4S/c1-6-22-17-25(9-10-27(22)43-16-13-21-11-14-37(15-12-21)20(2)28(40)42-5)39-30(44)38(29(41)31(39,3)4)24-8-7-23(19-36)26(18-24)32(33,34)35/h7-10,17-18,20-21H,6,11-16H2,1-5H3. The topological polar surface area (TPSA) is 86.1 Å². The van der Waals surface area contributed by atoms with E-state index in [4.69, 9.17) is 27.0 Å². The molecule has 2 aromatic carbocycles. The van der Waals surface area contributed by atoms with Gasteiger partial charge in [-0.3, -0.25) is 19.4 Å². The van der Waals surface area contributed by atoms with Gasteiger partial charge in [0.05, 0.1) is 36.6 Å². The second kappa shape index (κ2) is 13.1. The first kappa shape index (κ1) is 33.2. The molecule has 2 aliphatic rings. The average Bonchev–Trinajstić information content (AvgIpc) is 3.18. The zero-order chi connectivity index (χ0) is 32.4. The lowest BCUT2D eigenvalue weighted by Crippen LogP contribution is -2.44. The lowest BCUT2D eigenvalue weighted by Gasteiger charge is -2.34. The predicted molar refractivity (Wildman–Crippen MR) is 165 cm³/mol. The number of nitrogens with zero attached hydrogens (tertiary/aromatic N) is 4. The molecular weight excluding hydrogens is 593 g/mol. The highest BCUT2D eigenvalue weighted by molar-refractivity contribution is 7.81. The van der Waals surface area contributed by atoms with Crippen LogP contribution in [0.4, 0.5) is 24.5 Å². The van der Waals surface area contributed by atoms with Crippen LogP contribution in [0.3, 0.4) is 0 Å². The molecule has 0 radical (unpaired) electrons. The summed E-state index contributed by atoms with van der Waals surface area (Å²) in [6, 6.07) is 9.99. The van der Waals surface area contributed by atoms with Crippen molar-refractivity contribution in [3.05, 3.63) is 53.1 Å². The number of carbonyl (C=O) groups excluding carboxylic acids is 2. The van der Waals surface area contributed by atoms with E-state index in [0.29, 0.717) is 24.6 Å². The molecule has 2 fully saturated rings. The molecule has 2 aliphatic heterocycles. The lowest BCUT2D eigenvalue weighted by atomic mass is 9.93. The van der Waals surface area contributed by atoms with Gasteiger partial charge in [0, 0.05) is 5.69 Å². The number of benzene rings is 2. The van der Waals surface area contributed by atoms with Crippen molar-refractivity contribution in [2.24, 2.45) is 5.92 Å². The molecule has 2 saturated heterocycles. The number of hydrogen-bond acceptors (Lipinski definition) is 7. The number of hydrogen-bond donors (Lipinski definition) is 0. The number of aryl methyl sites for hydroxylation is 1. The van der Waals surface area contributed by atoms with Gasteiger partial charge < -0.3 is 14.4 Å². The summed E-state index contributed by atoms with van der Waals surface area (Å²) in [7, 11) is 1.40. The van der Waals surface area contributed by atoms with Gasteiger partial charge in [0.2, 0.25) is 0 Å². The second-order valence-electron chi connectivity index (χ2n) is 11.6. The molecule has 0 saturated carbocycles. The van der Waals surface area contributed by atoms with Gasteiger partial charge >= 0.3 is 12.1 Å². The number of anilines is 2. The molecule has 1 amide bonds. The van der Waals surface area contributed by atoms with Crippen LogP contribution in [0.1, 0.15) is 63.6 Å². The highest BCUT2D eigenvalue weighted by Crippen LogP contribution is 2.40. The van der Waals surface area contributed by atoms with Crippen LogP contribution in [0.2, 0.25) is 0 Å². The van der Waals surface area contributed by atoms with E-state index in [9.17, 15) is 22.8 Å². The van der Waals surface area contributed by atoms with Crippen LogP contribution in [0.15, 0.2) is 36.4 Å². The third-order valence-electron chi connectivity index (χ3n) is 8.56. The van der Waals surface area contributed by atoms with E-state index >= 15 is 0 Å². The largest absolute Gasteiger partial charge is 0.493 e. The predicted octanol–water partition coefficient (Wildman–Crippen LogP) is 6.10. The van der Waals surface area contributed by atoms with Gasteiger partial charge in [-0.15, -0.1) is 0 Å². The molecular formula is C32H37F3N4O4S. The van der Waals surface area contributed by atoms with Gasteiger partial charge in [0.25, 0.3) is 5.91 Å². The van der Waals surface area contributed by atoms with Crippen molar-refractivity contribution in [2.45, 2.75) is 71.1 Å². The van der Waals surface area contributed by atoms with Gasteiger partial charge in [-0.05, 0) is 120 Å². The highest BCUT2D eigenvalue weighted by atomic mass is 32.1. The van der Waals surface area contributed by atoms with Crippen LogP contribution in [-0.4, -0.2) is 60.3 Å². The summed E-state index contributed by atoms with van der Waals surface area (Å²) in [6.07, 6.45) is -1.30. The number of likely N-dealkylation sites (tertiary alicyclic amines) is 1. The number of methoxy groups -OCH3 is 1. The summed E-state index contributed by atoms with van der Waals surface area (Å²) >= 11 is 5.67. The van der Waals surface area contributed by atoms with E-state index in [1.54, 1.807) is 30.9 Å². The van der Waals surface area contributed by atoms with Crippen molar-refractivity contribution < 1.29 is 32.2 Å². The number of rotatable bonds is 9. The van der Waals surface area contributed by atoms with Gasteiger partial charge in [0.1, 0.15) is 17.3 Å². The Kier molecular flexibility index (Phi) is 9.90. The quantitative estimate of drug-likeness (QED) is 0.243. The number of esters is 1. The van der Waals surface area contributed by atoms with Crippen molar-refractivity contribution in [2.75, 3.05) is 36.6 Å². The van der Waals surface area contributed by atoms with E-state index in [2.05, 4.69) is 4.90 Å². The van der Waals surface area contributed by atoms with Crippen molar-refractivity contribution >= 4 is 40.6 Å². The Morgan fingerprint density at radius 1 is 1.16 bits per heavy atom. The Morgan fingerprint density at radius 2 is 1.82 bits per heavy atom. The number of amides is 1. The van der Waals surface area contributed by atoms with Crippen LogP contribution < -0.4 is 14.5 Å². The van der Waals surface area contributed by atoms with Crippen LogP contribution in [0, 0.1) is 17.2 Å². The first-order valence-corrected chi connectivity index (χ1v) is 15.0. The second-order valence-corrected chi connectivity index (χ2v) is 12.0. The summed E-state index contributed by atoms with van der Waals surface area (Å²) in [5.74, 6) is 0.509. The van der Waals surface area contributed by atoms with E-state index in [1.165, 1.54) is 13.2 Å². The number of nitriles is 1. The minimum Gasteiger partial charge on any atom is -0.493 e. The SMILES string of the molecule is CCc1cc(N2C(=S)N(c3ccc(C#N)c(C(F)(F)F)c3)C(=O)C2(C)C)ccc1OCCC1CCN(C(C)C(=O)OC)CC1. The highest BCUT2D eigenvalue weighted by Gasteiger charge is 2.50. The van der Waals surface area contributed by atoms with Crippen molar-refractivity contribution in [1.82, 2.24) is 4.90 Å². The molecule has 0 spiro atoms. The van der Waals surface area contributed by atoms with Crippen LogP contribution in [0.5, 0.6) is 5.75 Å². The molecule has 0 bridgehead atoms. The number of piperidine rings is 1. The van der Waals surface area contributed by atoms with E-state index in [1.807, 2.05) is 26.0 Å². The maximum absolute atomic E-state index is 13.7. The molecule has 2 aromatic rings. The molecule has 236 valence electrons. The third-order valence-corrected chi connectivity index (χ3v) is 8.93. The number of halogens is 3. The summed E-state index contributed by atoms with van der Waals surface area (Å²) in [6.45, 7) is 9.39. The molecule has 44 heavy (non-hydrogen) atoms. The molecule has 1 atom stereocenters. The van der Waals surface area contributed by atoms with Gasteiger partial charge in [-0.25, -0.2) is 0 Å². The molecule has 12 heteroatoms. The molecule has 2 heterocycles. The van der Waals surface area contributed by atoms with E-state index in [-0.39, 0.29) is 22.8 Å². The minimum atomic E-state index is -4.77. The average molecular weight is 631 g/mol. The van der Waals surface area contributed by atoms with Gasteiger partial charge in [-0.1, -0.05) is 6.92 Å². The van der Waals surface area contributed by atoms with Crippen molar-refractivity contribution in [3.8, 4) is 11.8 Å². The molecule has 0 N–H and O–H groups in total. The monoisotopic (exact) mass is 630 g/mol. The summed E-state index contributed by atoms with van der Waals surface area (Å²) in [5.41, 5.74) is -1.36. The number of carbonyl (C=O) groups is 2. The van der Waals surface area contributed by atoms with E-state index in [0.717, 1.165) is 60.7 Å². The smallest absolute Gasteiger partial charge is 0.417 e. The fourth-order valence-electron chi connectivity index (χ4n) is 5.87. The fourth-order valence-corrected chi connectivity index (χ4v) is 6.39.